The average Bonchev–Trinajstić information content (AvgIpc) is 1.85. The molecule has 0 radical (unpaired) electrons. The third kappa shape index (κ3) is 3.52. The van der Waals surface area contributed by atoms with Gasteiger partial charge in [-0.15, -0.1) is 0 Å². The van der Waals surface area contributed by atoms with Crippen LogP contribution in [0.5, 0.6) is 0 Å². The van der Waals surface area contributed by atoms with Gasteiger partial charge in [-0.25, -0.2) is 0 Å². The first-order valence-electron chi connectivity index (χ1n) is 2.35. The van der Waals surface area contributed by atoms with Crippen molar-refractivity contribution in [1.82, 2.24) is 0 Å². The van der Waals surface area contributed by atoms with E-state index in [1.165, 1.54) is 0 Å². The number of carbonyl (C=O) groups excluding carboxylic acids is 1. The molecule has 1 atom stereocenters. The second-order valence-electron chi connectivity index (χ2n) is 1.54. The largest absolute Gasteiger partial charge is 0.302 e. The predicted molar refractivity (Wildman–Crippen MR) is 43.3 cm³/mol. The van der Waals surface area contributed by atoms with Gasteiger partial charge in [0.1, 0.15) is 6.29 Å². The SMILES string of the molecule is O=CC(S)C(=S)C[N+](=O)[O-]. The van der Waals surface area contributed by atoms with E-state index in [4.69, 9.17) is 0 Å². The molecule has 0 aromatic rings. The second-order valence-corrected chi connectivity index (χ2v) is 2.62. The van der Waals surface area contributed by atoms with Crippen molar-refractivity contribution in [2.24, 2.45) is 0 Å². The fourth-order valence-electron chi connectivity index (χ4n) is 0.297. The Kier molecular flexibility index (Phi) is 4.13. The van der Waals surface area contributed by atoms with Crippen LogP contribution in [0.2, 0.25) is 0 Å². The van der Waals surface area contributed by atoms with Crippen LogP contribution in [0.15, 0.2) is 0 Å². The Bertz CT molecular complexity index is 170. The summed E-state index contributed by atoms with van der Waals surface area (Å²) in [7, 11) is 0. The molecule has 0 N–H and O–H groups in total. The Morgan fingerprint density at radius 2 is 2.40 bits per heavy atom. The summed E-state index contributed by atoms with van der Waals surface area (Å²) in [5.41, 5.74) is 0. The summed E-state index contributed by atoms with van der Waals surface area (Å²) >= 11 is 8.19. The molecule has 56 valence electrons. The van der Waals surface area contributed by atoms with Crippen molar-refractivity contribution >= 4 is 36.0 Å². The average molecular weight is 179 g/mol. The number of nitro groups is 1. The highest BCUT2D eigenvalue weighted by atomic mass is 32.1. The smallest absolute Gasteiger partial charge is 0.236 e. The number of thiocarbonyl (C=S) groups is 1. The molecule has 0 aliphatic rings. The molecule has 4 nitrogen and oxygen atoms in total. The molecule has 0 saturated carbocycles. The second kappa shape index (κ2) is 4.35. The molecule has 0 spiro atoms. The number of thiol groups is 1. The molecule has 0 aliphatic carbocycles. The molecule has 0 aromatic heterocycles. The van der Waals surface area contributed by atoms with E-state index in [-0.39, 0.29) is 4.86 Å². The number of hydrogen-bond acceptors (Lipinski definition) is 5. The summed E-state index contributed by atoms with van der Waals surface area (Å²) < 4.78 is 0. The topological polar surface area (TPSA) is 60.2 Å². The summed E-state index contributed by atoms with van der Waals surface area (Å²) in [6.07, 6.45) is 0.467. The molecule has 0 aliphatic heterocycles. The van der Waals surface area contributed by atoms with E-state index in [0.29, 0.717) is 6.29 Å². The van der Waals surface area contributed by atoms with Gasteiger partial charge < -0.3 is 4.79 Å². The lowest BCUT2D eigenvalue weighted by atomic mass is 10.3. The van der Waals surface area contributed by atoms with Crippen LogP contribution < -0.4 is 0 Å². The maximum absolute atomic E-state index is 9.94. The summed E-state index contributed by atoms with van der Waals surface area (Å²) in [5.74, 6) is 0. The zero-order valence-corrected chi connectivity index (χ0v) is 6.60. The van der Waals surface area contributed by atoms with E-state index in [0.717, 1.165) is 0 Å². The number of aldehydes is 1. The van der Waals surface area contributed by atoms with Crippen molar-refractivity contribution in [3.63, 3.8) is 0 Å². The summed E-state index contributed by atoms with van der Waals surface area (Å²) in [6.45, 7) is -0.470. The van der Waals surface area contributed by atoms with E-state index in [2.05, 4.69) is 24.8 Å². The van der Waals surface area contributed by atoms with Crippen molar-refractivity contribution in [3.8, 4) is 0 Å². The maximum Gasteiger partial charge on any atom is 0.236 e. The van der Waals surface area contributed by atoms with Gasteiger partial charge >= 0.3 is 0 Å². The van der Waals surface area contributed by atoms with Crippen molar-refractivity contribution in [1.29, 1.82) is 0 Å². The monoisotopic (exact) mass is 179 g/mol. The van der Waals surface area contributed by atoms with Crippen LogP contribution in [-0.2, 0) is 4.79 Å². The zero-order chi connectivity index (χ0) is 8.15. The molecule has 0 heterocycles. The van der Waals surface area contributed by atoms with Gasteiger partial charge in [-0.2, -0.15) is 12.6 Å². The van der Waals surface area contributed by atoms with Gasteiger partial charge in [0, 0.05) is 4.92 Å². The van der Waals surface area contributed by atoms with Crippen LogP contribution >= 0.6 is 24.8 Å². The van der Waals surface area contributed by atoms with E-state index in [9.17, 15) is 14.9 Å². The van der Waals surface area contributed by atoms with Crippen molar-refractivity contribution in [2.45, 2.75) is 5.25 Å². The maximum atomic E-state index is 9.94. The van der Waals surface area contributed by atoms with Gasteiger partial charge in [-0.1, -0.05) is 12.2 Å². The lowest BCUT2D eigenvalue weighted by Crippen LogP contribution is -2.22. The number of nitrogens with zero attached hydrogens (tertiary/aromatic N) is 1. The third-order valence-corrected chi connectivity index (χ3v) is 1.73. The highest BCUT2D eigenvalue weighted by molar-refractivity contribution is 7.87. The first-order valence-corrected chi connectivity index (χ1v) is 3.28. The third-order valence-electron chi connectivity index (χ3n) is 0.744. The first-order chi connectivity index (χ1) is 4.57. The molecule has 6 heteroatoms. The molecule has 0 fully saturated rings. The van der Waals surface area contributed by atoms with Gasteiger partial charge in [0.05, 0.1) is 10.1 Å². The lowest BCUT2D eigenvalue weighted by molar-refractivity contribution is -0.462. The van der Waals surface area contributed by atoms with E-state index >= 15 is 0 Å². The Hall–Kier alpha value is -0.490. The molecular formula is C4H5NO3S2. The standard InChI is InChI=1S/C4H5NO3S2/c6-2-4(10)3(9)1-5(7)8/h2,4,10H,1H2. The zero-order valence-electron chi connectivity index (χ0n) is 4.89. The molecule has 0 aromatic carbocycles. The van der Waals surface area contributed by atoms with Crippen molar-refractivity contribution < 1.29 is 9.72 Å². The molecule has 0 bridgehead atoms. The predicted octanol–water partition coefficient (Wildman–Crippen LogP) is 0.130. The molecular weight excluding hydrogens is 174 g/mol. The van der Waals surface area contributed by atoms with Crippen LogP contribution in [0.4, 0.5) is 0 Å². The normalized spacial score (nSPS) is 12.1. The quantitative estimate of drug-likeness (QED) is 0.219. The summed E-state index contributed by atoms with van der Waals surface area (Å²) in [6, 6.07) is 0. The van der Waals surface area contributed by atoms with Crippen LogP contribution in [-0.4, -0.2) is 27.9 Å². The Balaban J connectivity index is 3.84. The molecule has 1 unspecified atom stereocenters. The number of rotatable bonds is 4. The van der Waals surface area contributed by atoms with Gasteiger partial charge in [-0.05, 0) is 0 Å². The molecule has 10 heavy (non-hydrogen) atoms. The van der Waals surface area contributed by atoms with Crippen molar-refractivity contribution in [3.05, 3.63) is 10.1 Å². The number of carbonyl (C=O) groups is 1. The Labute approximate surface area is 68.2 Å². The minimum atomic E-state index is -0.791. The fourth-order valence-corrected chi connectivity index (χ4v) is 0.539. The van der Waals surface area contributed by atoms with Crippen LogP contribution in [0.3, 0.4) is 0 Å². The first kappa shape index (κ1) is 9.51. The van der Waals surface area contributed by atoms with E-state index in [1.54, 1.807) is 0 Å². The molecule has 0 saturated heterocycles. The van der Waals surface area contributed by atoms with Crippen LogP contribution in [0, 0.1) is 10.1 Å². The fraction of sp³-hybridized carbons (Fsp3) is 0.500. The molecule has 0 rings (SSSR count). The van der Waals surface area contributed by atoms with E-state index in [1.807, 2.05) is 0 Å². The van der Waals surface area contributed by atoms with Crippen LogP contribution in [0.25, 0.3) is 0 Å². The van der Waals surface area contributed by atoms with Gasteiger partial charge in [-0.3, -0.25) is 10.1 Å². The van der Waals surface area contributed by atoms with Gasteiger partial charge in [0.2, 0.25) is 6.54 Å². The Morgan fingerprint density at radius 3 is 2.70 bits per heavy atom. The lowest BCUT2D eigenvalue weighted by Gasteiger charge is -1.97. The highest BCUT2D eigenvalue weighted by Crippen LogP contribution is 1.95. The summed E-state index contributed by atoms with van der Waals surface area (Å²) in [4.78, 5) is 19.2. The van der Waals surface area contributed by atoms with Crippen LogP contribution in [0.1, 0.15) is 0 Å². The number of hydrogen-bond donors (Lipinski definition) is 1. The minimum Gasteiger partial charge on any atom is -0.302 e. The van der Waals surface area contributed by atoms with Gasteiger partial charge in [0.25, 0.3) is 0 Å². The molecule has 0 amide bonds. The van der Waals surface area contributed by atoms with Crippen molar-refractivity contribution in [2.75, 3.05) is 6.54 Å². The van der Waals surface area contributed by atoms with E-state index < -0.39 is 16.7 Å². The summed E-state index contributed by atoms with van der Waals surface area (Å²) in [5, 5.41) is 9.01. The minimum absolute atomic E-state index is 0.0448. The Morgan fingerprint density at radius 1 is 1.90 bits per heavy atom. The highest BCUT2D eigenvalue weighted by Gasteiger charge is 2.12. The van der Waals surface area contributed by atoms with Gasteiger partial charge in [0.15, 0.2) is 0 Å².